The lowest BCUT2D eigenvalue weighted by Crippen LogP contribution is -2.33. The van der Waals surface area contributed by atoms with Crippen LogP contribution < -0.4 is 11.5 Å². The minimum Gasteiger partial charge on any atom is -0.382 e. The summed E-state index contributed by atoms with van der Waals surface area (Å²) in [6.45, 7) is -0.784. The number of pyridine rings is 2. The molecule has 0 radical (unpaired) electrons. The lowest BCUT2D eigenvalue weighted by molar-refractivity contribution is -0.0699. The van der Waals surface area contributed by atoms with Crippen molar-refractivity contribution >= 4 is 92.8 Å². The molecule has 22 nitrogen and oxygen atoms in total. The highest BCUT2D eigenvalue weighted by atomic mass is 33.1. The highest BCUT2D eigenvalue weighted by Gasteiger charge is 2.49. The second kappa shape index (κ2) is 19.7. The number of anilines is 2. The summed E-state index contributed by atoms with van der Waals surface area (Å²) in [5, 5.41) is 1.61. The van der Waals surface area contributed by atoms with E-state index in [1.807, 2.05) is 36.4 Å². The highest BCUT2D eigenvalue weighted by molar-refractivity contribution is 8.77. The molecule has 28 heteroatoms. The van der Waals surface area contributed by atoms with Crippen molar-refractivity contribution in [1.29, 1.82) is 0 Å². The molecule has 6 aromatic heterocycles. The number of phosphoric acid groups is 2. The van der Waals surface area contributed by atoms with Crippen molar-refractivity contribution in [2.75, 3.05) is 49.4 Å². The molecular weight excluding hydrogens is 927 g/mol. The molecule has 4 N–H and O–H groups in total. The number of nitrogens with zero attached hydrogens (tertiary/aromatic N) is 10. The molecule has 0 aliphatic carbocycles. The molecule has 8 atom stereocenters. The van der Waals surface area contributed by atoms with Gasteiger partial charge in [0.2, 0.25) is 0 Å². The van der Waals surface area contributed by atoms with Crippen LogP contribution in [0.25, 0.3) is 22.3 Å². The van der Waals surface area contributed by atoms with Gasteiger partial charge in [-0.3, -0.25) is 36.3 Å². The Balaban J connectivity index is 0.976. The molecule has 0 aromatic carbocycles. The third-order valence-electron chi connectivity index (χ3n) is 9.47. The standard InChI is InChI=1S/C34H38N12O10P2S4/c35-31-29-33(41-17-39-31)45(19-43-29)27-13-21-24(54-27)16-52-58(48,50-10-12-60-62-26-6-2-4-8-38-26)56-22-14-28(46-20-44-30-32(36)40-18-42-34(30)46)53-23(22)15-51-57(47,55-21)49-9-11-59-61-25-5-1-3-7-37-25/h1-8,17-24,27-28H,9-16H2,(H2,35,39,41)(H2,36,40,42)/t21-,22-,23-,24-,27-,28?,57?,58?/m1/s1. The Hall–Kier alpha value is -3.46. The molecule has 3 aliphatic heterocycles. The Kier molecular flexibility index (Phi) is 13.9. The number of aromatic nitrogens is 10. The predicted octanol–water partition coefficient (Wildman–Crippen LogP) is 6.14. The normalized spacial score (nSPS) is 28.1. The van der Waals surface area contributed by atoms with E-state index in [2.05, 4.69) is 39.9 Å². The molecule has 3 unspecified atom stereocenters. The second-order valence-electron chi connectivity index (χ2n) is 13.5. The van der Waals surface area contributed by atoms with Crippen molar-refractivity contribution in [1.82, 2.24) is 49.0 Å². The molecule has 9 rings (SSSR count). The zero-order chi connectivity index (χ0) is 42.5. The maximum Gasteiger partial charge on any atom is 0.475 e. The van der Waals surface area contributed by atoms with Gasteiger partial charge in [0, 0.05) is 36.7 Å². The van der Waals surface area contributed by atoms with Gasteiger partial charge >= 0.3 is 15.6 Å². The number of imidazole rings is 2. The molecule has 328 valence electrons. The summed E-state index contributed by atoms with van der Waals surface area (Å²) >= 11 is 0. The van der Waals surface area contributed by atoms with Crippen LogP contribution in [-0.4, -0.2) is 111 Å². The molecule has 3 fully saturated rings. The minimum atomic E-state index is -4.41. The van der Waals surface area contributed by atoms with E-state index < -0.39 is 52.5 Å². The van der Waals surface area contributed by atoms with Gasteiger partial charge in [0.15, 0.2) is 22.9 Å². The fourth-order valence-corrected chi connectivity index (χ4v) is 13.1. The maximum absolute atomic E-state index is 14.8. The number of rotatable bonds is 14. The number of hydrogen-bond donors (Lipinski definition) is 2. The molecule has 0 saturated carbocycles. The summed E-state index contributed by atoms with van der Waals surface area (Å²) in [7, 11) is -3.02. The zero-order valence-electron chi connectivity index (χ0n) is 32.3. The first-order valence-electron chi connectivity index (χ1n) is 19.0. The molecule has 62 heavy (non-hydrogen) atoms. The van der Waals surface area contributed by atoms with Crippen LogP contribution in [0, 0.1) is 0 Å². The minimum absolute atomic E-state index is 0.0157. The topological polar surface area (TPSA) is 273 Å². The van der Waals surface area contributed by atoms with E-state index in [1.54, 1.807) is 21.5 Å². The Morgan fingerprint density at radius 2 is 1.10 bits per heavy atom. The van der Waals surface area contributed by atoms with Crippen molar-refractivity contribution in [3.05, 3.63) is 74.1 Å². The van der Waals surface area contributed by atoms with Gasteiger partial charge < -0.3 is 20.9 Å². The van der Waals surface area contributed by atoms with Crippen molar-refractivity contribution < 1.29 is 45.7 Å². The zero-order valence-corrected chi connectivity index (χ0v) is 37.3. The molecule has 0 amide bonds. The first kappa shape index (κ1) is 43.8. The van der Waals surface area contributed by atoms with Crippen molar-refractivity contribution in [3.63, 3.8) is 0 Å². The van der Waals surface area contributed by atoms with Crippen LogP contribution in [0.2, 0.25) is 0 Å². The van der Waals surface area contributed by atoms with Gasteiger partial charge in [-0.1, -0.05) is 33.7 Å². The van der Waals surface area contributed by atoms with E-state index in [0.29, 0.717) is 33.8 Å². The van der Waals surface area contributed by atoms with Crippen LogP contribution in [0.15, 0.2) is 84.2 Å². The largest absolute Gasteiger partial charge is 0.475 e. The summed E-state index contributed by atoms with van der Waals surface area (Å²) in [5.41, 5.74) is 13.7. The summed E-state index contributed by atoms with van der Waals surface area (Å²) < 4.78 is 82.5. The Bertz CT molecular complexity index is 2380. The second-order valence-corrected chi connectivity index (χ2v) is 21.6. The number of hydrogen-bond acceptors (Lipinski definition) is 24. The van der Waals surface area contributed by atoms with E-state index in [0.717, 1.165) is 10.1 Å². The number of nitrogen functional groups attached to an aromatic ring is 2. The van der Waals surface area contributed by atoms with Crippen LogP contribution in [-0.2, 0) is 45.7 Å². The van der Waals surface area contributed by atoms with Crippen molar-refractivity contribution in [2.24, 2.45) is 0 Å². The molecule has 3 saturated heterocycles. The summed E-state index contributed by atoms with van der Waals surface area (Å²) in [6.07, 6.45) is 3.73. The van der Waals surface area contributed by atoms with Crippen LogP contribution in [0.5, 0.6) is 0 Å². The van der Waals surface area contributed by atoms with Crippen molar-refractivity contribution in [3.8, 4) is 0 Å². The predicted molar refractivity (Wildman–Crippen MR) is 230 cm³/mol. The van der Waals surface area contributed by atoms with Gasteiger partial charge in [-0.2, -0.15) is 0 Å². The van der Waals surface area contributed by atoms with E-state index in [9.17, 15) is 9.13 Å². The van der Waals surface area contributed by atoms with Gasteiger partial charge in [0.1, 0.15) is 70.6 Å². The van der Waals surface area contributed by atoms with Crippen LogP contribution >= 0.6 is 58.8 Å². The lowest BCUT2D eigenvalue weighted by Gasteiger charge is -2.29. The van der Waals surface area contributed by atoms with Gasteiger partial charge in [-0.05, 0) is 45.9 Å². The van der Waals surface area contributed by atoms with Crippen LogP contribution in [0.4, 0.5) is 11.6 Å². The Morgan fingerprint density at radius 1 is 0.629 bits per heavy atom. The van der Waals surface area contributed by atoms with Crippen LogP contribution in [0.1, 0.15) is 25.3 Å². The third-order valence-corrected chi connectivity index (χ3v) is 16.9. The van der Waals surface area contributed by atoms with Gasteiger partial charge in [0.25, 0.3) is 0 Å². The first-order chi connectivity index (χ1) is 30.2. The van der Waals surface area contributed by atoms with Gasteiger partial charge in [-0.25, -0.2) is 49.0 Å². The van der Waals surface area contributed by atoms with Gasteiger partial charge in [-0.15, -0.1) is 0 Å². The highest BCUT2D eigenvalue weighted by Crippen LogP contribution is 2.58. The Morgan fingerprint density at radius 3 is 1.53 bits per heavy atom. The van der Waals surface area contributed by atoms with Crippen molar-refractivity contribution in [2.45, 2.75) is 59.8 Å². The van der Waals surface area contributed by atoms with E-state index in [1.165, 1.54) is 68.5 Å². The molecule has 9 heterocycles. The smallest absolute Gasteiger partial charge is 0.382 e. The monoisotopic (exact) mass is 964 g/mol. The number of ether oxygens (including phenoxy) is 2. The third kappa shape index (κ3) is 10.2. The molecular formula is C34H38N12O10P2S4. The quantitative estimate of drug-likeness (QED) is 0.0704. The maximum atomic E-state index is 14.8. The number of phosphoric ester groups is 2. The van der Waals surface area contributed by atoms with E-state index in [4.69, 9.17) is 48.1 Å². The van der Waals surface area contributed by atoms with E-state index in [-0.39, 0.29) is 50.9 Å². The number of fused-ring (bicyclic) bond motifs is 4. The first-order valence-corrected chi connectivity index (χ1v) is 26.5. The lowest BCUT2D eigenvalue weighted by atomic mass is 10.2. The average molecular weight is 965 g/mol. The summed E-state index contributed by atoms with van der Waals surface area (Å²) in [5.74, 6) is 1.18. The summed E-state index contributed by atoms with van der Waals surface area (Å²) in [4.78, 5) is 34.1. The average Bonchev–Trinajstić information content (AvgIpc) is 4.08. The fraction of sp³-hybridized carbons (Fsp3) is 0.412. The molecule has 6 aromatic rings. The SMILES string of the molecule is Nc1ncnc2c1ncn2C1C[C@H]2OP(=O)(OCCSSc3ccccn3)OC[C@H]3O[C@@H](n4cnc5c(N)ncnc54)C[C@H]3OP(=O)(OCCSSc3ccccn3)OC[C@H]2O1. The Labute approximate surface area is 369 Å². The number of nitrogens with two attached hydrogens (primary N) is 2. The fourth-order valence-electron chi connectivity index (χ4n) is 6.65. The molecule has 0 bridgehead atoms. The van der Waals surface area contributed by atoms with E-state index >= 15 is 0 Å². The summed E-state index contributed by atoms with van der Waals surface area (Å²) in [6, 6.07) is 11.2. The molecule has 0 spiro atoms. The van der Waals surface area contributed by atoms with Gasteiger partial charge in [0.05, 0.1) is 39.1 Å². The molecule has 3 aliphatic rings. The van der Waals surface area contributed by atoms with Crippen LogP contribution in [0.3, 0.4) is 0 Å².